The second-order valence-electron chi connectivity index (χ2n) is 4.63. The summed E-state index contributed by atoms with van der Waals surface area (Å²) >= 11 is 5.34. The van der Waals surface area contributed by atoms with Gasteiger partial charge in [0.2, 0.25) is 10.7 Å². The van der Waals surface area contributed by atoms with Crippen molar-refractivity contribution < 1.29 is 4.74 Å². The molecule has 1 atom stereocenters. The first-order valence-corrected chi connectivity index (χ1v) is 6.76. The maximum absolute atomic E-state index is 5.57. The van der Waals surface area contributed by atoms with Crippen molar-refractivity contribution in [2.75, 3.05) is 24.6 Å². The highest BCUT2D eigenvalue weighted by atomic mass is 32.1. The number of benzene rings is 1. The number of para-hydroxylation sites is 1. The third-order valence-corrected chi connectivity index (χ3v) is 3.47. The molecule has 2 aromatic rings. The largest absolute Gasteiger partial charge is 0.375 e. The second-order valence-corrected chi connectivity index (χ2v) is 5.01. The van der Waals surface area contributed by atoms with E-state index in [0.717, 1.165) is 31.3 Å². The van der Waals surface area contributed by atoms with Crippen LogP contribution in [0.1, 0.15) is 6.92 Å². The molecule has 2 heterocycles. The predicted octanol–water partition coefficient (Wildman–Crippen LogP) is 2.15. The minimum Gasteiger partial charge on any atom is -0.375 e. The number of nitrogens with zero attached hydrogens (tertiary/aromatic N) is 3. The monoisotopic (exact) mass is 276 g/mol. The summed E-state index contributed by atoms with van der Waals surface area (Å²) in [5.74, 6) is 0.853. The lowest BCUT2D eigenvalue weighted by Crippen LogP contribution is -2.42. The van der Waals surface area contributed by atoms with Gasteiger partial charge in [-0.05, 0) is 31.3 Å². The van der Waals surface area contributed by atoms with Crippen molar-refractivity contribution in [1.82, 2.24) is 14.8 Å². The second kappa shape index (κ2) is 5.14. The minimum atomic E-state index is 0.211. The topological polar surface area (TPSA) is 46.1 Å². The Balaban J connectivity index is 2.01. The fourth-order valence-corrected chi connectivity index (χ4v) is 2.54. The van der Waals surface area contributed by atoms with Gasteiger partial charge in [-0.1, -0.05) is 18.2 Å². The summed E-state index contributed by atoms with van der Waals surface area (Å²) < 4.78 is 8.14. The fourth-order valence-electron chi connectivity index (χ4n) is 2.31. The van der Waals surface area contributed by atoms with E-state index in [2.05, 4.69) is 22.0 Å². The molecule has 0 aliphatic carbocycles. The molecule has 1 aliphatic rings. The van der Waals surface area contributed by atoms with Crippen LogP contribution in [0.3, 0.4) is 0 Å². The molecule has 1 unspecified atom stereocenters. The van der Waals surface area contributed by atoms with Gasteiger partial charge in [-0.15, -0.1) is 5.10 Å². The van der Waals surface area contributed by atoms with Crippen LogP contribution < -0.4 is 4.90 Å². The van der Waals surface area contributed by atoms with Crippen molar-refractivity contribution in [3.8, 4) is 5.69 Å². The molecule has 1 saturated heterocycles. The quantitative estimate of drug-likeness (QED) is 0.854. The Labute approximate surface area is 116 Å². The third kappa shape index (κ3) is 2.41. The van der Waals surface area contributed by atoms with E-state index in [4.69, 9.17) is 17.0 Å². The summed E-state index contributed by atoms with van der Waals surface area (Å²) in [5.41, 5.74) is 1.02. The molecule has 6 heteroatoms. The average molecular weight is 276 g/mol. The summed E-state index contributed by atoms with van der Waals surface area (Å²) in [6.07, 6.45) is 0.211. The Bertz CT molecular complexity index is 607. The molecule has 1 aliphatic heterocycles. The molecule has 0 saturated carbocycles. The van der Waals surface area contributed by atoms with Crippen molar-refractivity contribution in [3.63, 3.8) is 0 Å². The Kier molecular flexibility index (Phi) is 3.35. The van der Waals surface area contributed by atoms with Gasteiger partial charge in [-0.2, -0.15) is 0 Å². The van der Waals surface area contributed by atoms with Crippen LogP contribution in [0.25, 0.3) is 5.69 Å². The minimum absolute atomic E-state index is 0.211. The predicted molar refractivity (Wildman–Crippen MR) is 76.4 cm³/mol. The van der Waals surface area contributed by atoms with Crippen molar-refractivity contribution >= 4 is 18.2 Å². The lowest BCUT2D eigenvalue weighted by Gasteiger charge is -2.31. The lowest BCUT2D eigenvalue weighted by atomic mass is 10.3. The molecule has 0 spiro atoms. The highest BCUT2D eigenvalue weighted by Crippen LogP contribution is 2.20. The van der Waals surface area contributed by atoms with Gasteiger partial charge >= 0.3 is 0 Å². The molecule has 100 valence electrons. The standard InChI is InChI=1S/C13H16N4OS/c1-10-9-16(7-8-18-10)12-14-15-13(19)17(12)11-5-3-2-4-6-11/h2-6,10H,7-9H2,1H3,(H,15,19). The summed E-state index contributed by atoms with van der Waals surface area (Å²) in [7, 11) is 0. The van der Waals surface area contributed by atoms with Crippen molar-refractivity contribution in [3.05, 3.63) is 35.1 Å². The van der Waals surface area contributed by atoms with E-state index in [1.165, 1.54) is 0 Å². The molecule has 0 bridgehead atoms. The van der Waals surface area contributed by atoms with Gasteiger partial charge in [0.1, 0.15) is 0 Å². The zero-order valence-electron chi connectivity index (χ0n) is 10.7. The number of ether oxygens (including phenoxy) is 1. The molecular formula is C13H16N4OS. The molecule has 1 fully saturated rings. The molecule has 1 aromatic heterocycles. The average Bonchev–Trinajstić information content (AvgIpc) is 2.82. The van der Waals surface area contributed by atoms with Crippen LogP contribution in [0.2, 0.25) is 0 Å². The van der Waals surface area contributed by atoms with Crippen molar-refractivity contribution in [1.29, 1.82) is 0 Å². The molecule has 3 rings (SSSR count). The Morgan fingerprint density at radius 1 is 1.37 bits per heavy atom. The highest BCUT2D eigenvalue weighted by Gasteiger charge is 2.22. The van der Waals surface area contributed by atoms with Gasteiger partial charge in [-0.25, -0.2) is 5.10 Å². The number of nitrogens with one attached hydrogen (secondary N) is 1. The SMILES string of the molecule is CC1CN(c2n[nH]c(=S)n2-c2ccccc2)CCO1. The van der Waals surface area contributed by atoms with E-state index in [-0.39, 0.29) is 6.10 Å². The molecular weight excluding hydrogens is 260 g/mol. The number of H-pyrrole nitrogens is 1. The van der Waals surface area contributed by atoms with E-state index in [0.29, 0.717) is 4.77 Å². The molecule has 1 aromatic carbocycles. The van der Waals surface area contributed by atoms with Crippen LogP contribution in [-0.4, -0.2) is 40.6 Å². The molecule has 0 amide bonds. The smallest absolute Gasteiger partial charge is 0.230 e. The van der Waals surface area contributed by atoms with E-state index >= 15 is 0 Å². The number of hydrogen-bond acceptors (Lipinski definition) is 4. The summed E-state index contributed by atoms with van der Waals surface area (Å²) in [6.45, 7) is 4.44. The maximum atomic E-state index is 5.57. The first-order valence-electron chi connectivity index (χ1n) is 6.35. The van der Waals surface area contributed by atoms with Crippen LogP contribution >= 0.6 is 12.2 Å². The van der Waals surface area contributed by atoms with Gasteiger partial charge in [0.05, 0.1) is 18.4 Å². The van der Waals surface area contributed by atoms with Crippen molar-refractivity contribution in [2.45, 2.75) is 13.0 Å². The first kappa shape index (κ1) is 12.4. The molecule has 1 N–H and O–H groups in total. The summed E-state index contributed by atoms with van der Waals surface area (Å²) in [4.78, 5) is 2.20. The number of aromatic nitrogens is 3. The highest BCUT2D eigenvalue weighted by molar-refractivity contribution is 7.71. The summed E-state index contributed by atoms with van der Waals surface area (Å²) in [6, 6.07) is 10.0. The lowest BCUT2D eigenvalue weighted by molar-refractivity contribution is 0.0525. The van der Waals surface area contributed by atoms with E-state index in [1.807, 2.05) is 34.9 Å². The van der Waals surface area contributed by atoms with E-state index < -0.39 is 0 Å². The first-order chi connectivity index (χ1) is 9.25. The van der Waals surface area contributed by atoms with Gasteiger partial charge in [-0.3, -0.25) is 4.57 Å². The zero-order valence-corrected chi connectivity index (χ0v) is 11.6. The van der Waals surface area contributed by atoms with Gasteiger partial charge in [0.25, 0.3) is 0 Å². The van der Waals surface area contributed by atoms with Crippen LogP contribution in [0.5, 0.6) is 0 Å². The number of rotatable bonds is 2. The number of anilines is 1. The fraction of sp³-hybridized carbons (Fsp3) is 0.385. The Morgan fingerprint density at radius 2 is 2.16 bits per heavy atom. The maximum Gasteiger partial charge on any atom is 0.230 e. The normalized spacial score (nSPS) is 19.6. The van der Waals surface area contributed by atoms with Gasteiger partial charge < -0.3 is 9.64 Å². The number of hydrogen-bond donors (Lipinski definition) is 1. The molecule has 0 radical (unpaired) electrons. The Morgan fingerprint density at radius 3 is 2.89 bits per heavy atom. The van der Waals surface area contributed by atoms with E-state index in [9.17, 15) is 0 Å². The number of morpholine rings is 1. The van der Waals surface area contributed by atoms with Gasteiger partial charge in [0, 0.05) is 13.1 Å². The number of aromatic amines is 1. The van der Waals surface area contributed by atoms with Crippen molar-refractivity contribution in [2.24, 2.45) is 0 Å². The zero-order chi connectivity index (χ0) is 13.2. The molecule has 19 heavy (non-hydrogen) atoms. The van der Waals surface area contributed by atoms with E-state index in [1.54, 1.807) is 0 Å². The summed E-state index contributed by atoms with van der Waals surface area (Å²) in [5, 5.41) is 7.25. The van der Waals surface area contributed by atoms with Crippen LogP contribution in [0.15, 0.2) is 30.3 Å². The Hall–Kier alpha value is -1.66. The van der Waals surface area contributed by atoms with Crippen LogP contribution in [0, 0.1) is 4.77 Å². The molecule has 5 nitrogen and oxygen atoms in total. The van der Waals surface area contributed by atoms with Crippen LogP contribution in [0.4, 0.5) is 5.95 Å². The van der Waals surface area contributed by atoms with Crippen LogP contribution in [-0.2, 0) is 4.74 Å². The van der Waals surface area contributed by atoms with Gasteiger partial charge in [0.15, 0.2) is 0 Å². The third-order valence-electron chi connectivity index (χ3n) is 3.19.